The van der Waals surface area contributed by atoms with Crippen LogP contribution in [0.3, 0.4) is 0 Å². The second kappa shape index (κ2) is 6.83. The summed E-state index contributed by atoms with van der Waals surface area (Å²) in [5.74, 6) is -0.778. The van der Waals surface area contributed by atoms with Gasteiger partial charge in [0.2, 0.25) is 0 Å². The topological polar surface area (TPSA) is 67.4 Å². The molecule has 0 unspecified atom stereocenters. The van der Waals surface area contributed by atoms with Crippen LogP contribution in [0.1, 0.15) is 21.3 Å². The molecule has 20 heavy (non-hydrogen) atoms. The van der Waals surface area contributed by atoms with E-state index in [2.05, 4.69) is 10.9 Å². The van der Waals surface area contributed by atoms with Gasteiger partial charge in [-0.3, -0.25) is 20.4 Å². The molecule has 0 fully saturated rings. The number of methoxy groups -OCH3 is 1. The van der Waals surface area contributed by atoms with E-state index in [4.69, 9.17) is 4.74 Å². The number of hydrogen-bond acceptors (Lipinski definition) is 4. The number of carbonyl (C=O) groups is 2. The Labute approximate surface area is 120 Å². The Kier molecular flexibility index (Phi) is 4.86. The molecule has 0 bridgehead atoms. The highest BCUT2D eigenvalue weighted by Crippen LogP contribution is 2.15. The van der Waals surface area contributed by atoms with Crippen molar-refractivity contribution in [3.8, 4) is 0 Å². The van der Waals surface area contributed by atoms with Gasteiger partial charge in [0, 0.05) is 7.11 Å². The third kappa shape index (κ3) is 3.43. The Balaban J connectivity index is 1.95. The van der Waals surface area contributed by atoms with Crippen LogP contribution in [0.15, 0.2) is 47.8 Å². The van der Waals surface area contributed by atoms with Crippen LogP contribution in [-0.2, 0) is 9.53 Å². The van der Waals surface area contributed by atoms with Crippen molar-refractivity contribution in [2.24, 2.45) is 0 Å². The molecule has 1 aromatic carbocycles. The van der Waals surface area contributed by atoms with Crippen molar-refractivity contribution in [2.75, 3.05) is 7.11 Å². The minimum Gasteiger partial charge on any atom is -0.367 e. The lowest BCUT2D eigenvalue weighted by atomic mass is 10.1. The number of ether oxygens (including phenoxy) is 1. The van der Waals surface area contributed by atoms with E-state index in [9.17, 15) is 9.59 Å². The lowest BCUT2D eigenvalue weighted by Gasteiger charge is -2.15. The number of hydrogen-bond donors (Lipinski definition) is 2. The van der Waals surface area contributed by atoms with Crippen LogP contribution in [0.2, 0.25) is 0 Å². The fourth-order valence-corrected chi connectivity index (χ4v) is 2.29. The Hall–Kier alpha value is -2.18. The molecule has 0 saturated heterocycles. The number of rotatable bonds is 4. The molecular formula is C14H14N2O3S. The first-order chi connectivity index (χ1) is 9.72. The Morgan fingerprint density at radius 1 is 1.10 bits per heavy atom. The predicted octanol–water partition coefficient (Wildman–Crippen LogP) is 1.90. The molecule has 104 valence electrons. The summed E-state index contributed by atoms with van der Waals surface area (Å²) in [6.45, 7) is 0. The summed E-state index contributed by atoms with van der Waals surface area (Å²) in [6, 6.07) is 12.5. The molecular weight excluding hydrogens is 276 g/mol. The molecule has 1 aromatic heterocycles. The highest BCUT2D eigenvalue weighted by molar-refractivity contribution is 7.12. The lowest BCUT2D eigenvalue weighted by Crippen LogP contribution is -2.44. The summed E-state index contributed by atoms with van der Waals surface area (Å²) in [5, 5.41) is 1.79. The zero-order chi connectivity index (χ0) is 14.4. The minimum absolute atomic E-state index is 0.351. The third-order valence-electron chi connectivity index (χ3n) is 2.62. The maximum absolute atomic E-state index is 12.0. The van der Waals surface area contributed by atoms with Crippen molar-refractivity contribution < 1.29 is 14.3 Å². The molecule has 2 amide bonds. The van der Waals surface area contributed by atoms with Crippen LogP contribution in [0, 0.1) is 0 Å². The second-order valence-electron chi connectivity index (χ2n) is 3.95. The molecule has 0 saturated carbocycles. The van der Waals surface area contributed by atoms with E-state index in [0.717, 1.165) is 5.56 Å². The number of benzene rings is 1. The number of nitrogens with one attached hydrogen (secondary N) is 2. The predicted molar refractivity (Wildman–Crippen MR) is 76.1 cm³/mol. The molecule has 0 spiro atoms. The molecule has 0 aliphatic heterocycles. The van der Waals surface area contributed by atoms with Gasteiger partial charge < -0.3 is 4.74 Å². The lowest BCUT2D eigenvalue weighted by molar-refractivity contribution is -0.132. The van der Waals surface area contributed by atoms with E-state index in [0.29, 0.717) is 4.88 Å². The first-order valence-corrected chi connectivity index (χ1v) is 6.82. The van der Waals surface area contributed by atoms with Crippen molar-refractivity contribution in [2.45, 2.75) is 6.10 Å². The highest BCUT2D eigenvalue weighted by atomic mass is 32.1. The summed E-state index contributed by atoms with van der Waals surface area (Å²) in [7, 11) is 1.44. The first kappa shape index (κ1) is 14.2. The molecule has 1 heterocycles. The van der Waals surface area contributed by atoms with E-state index in [-0.39, 0.29) is 5.91 Å². The van der Waals surface area contributed by atoms with Gasteiger partial charge in [-0.25, -0.2) is 0 Å². The van der Waals surface area contributed by atoms with E-state index >= 15 is 0 Å². The van der Waals surface area contributed by atoms with Crippen molar-refractivity contribution in [3.63, 3.8) is 0 Å². The van der Waals surface area contributed by atoms with Crippen LogP contribution in [0.4, 0.5) is 0 Å². The van der Waals surface area contributed by atoms with Crippen molar-refractivity contribution in [3.05, 3.63) is 58.3 Å². The smallest absolute Gasteiger partial charge is 0.279 e. The quantitative estimate of drug-likeness (QED) is 0.845. The fraction of sp³-hybridized carbons (Fsp3) is 0.143. The van der Waals surface area contributed by atoms with Crippen LogP contribution in [-0.4, -0.2) is 18.9 Å². The monoisotopic (exact) mass is 290 g/mol. The van der Waals surface area contributed by atoms with Crippen molar-refractivity contribution >= 4 is 23.2 Å². The van der Waals surface area contributed by atoms with Crippen LogP contribution in [0.5, 0.6) is 0 Å². The summed E-state index contributed by atoms with van der Waals surface area (Å²) < 4.78 is 5.16. The van der Waals surface area contributed by atoms with Gasteiger partial charge in [0.1, 0.15) is 0 Å². The van der Waals surface area contributed by atoms with Crippen LogP contribution < -0.4 is 10.9 Å². The zero-order valence-electron chi connectivity index (χ0n) is 10.8. The van der Waals surface area contributed by atoms with Gasteiger partial charge in [-0.2, -0.15) is 0 Å². The summed E-state index contributed by atoms with van der Waals surface area (Å²) in [5.41, 5.74) is 5.44. The number of thiophene rings is 1. The molecule has 2 aromatic rings. The molecule has 6 heteroatoms. The molecule has 2 N–H and O–H groups in total. The van der Waals surface area contributed by atoms with Gasteiger partial charge in [0.15, 0.2) is 6.10 Å². The van der Waals surface area contributed by atoms with Gasteiger partial charge in [-0.15, -0.1) is 11.3 Å². The Bertz CT molecular complexity index is 569. The van der Waals surface area contributed by atoms with E-state index in [1.54, 1.807) is 29.6 Å². The van der Waals surface area contributed by atoms with Crippen LogP contribution in [0.25, 0.3) is 0 Å². The largest absolute Gasteiger partial charge is 0.367 e. The van der Waals surface area contributed by atoms with Gasteiger partial charge in [0.05, 0.1) is 4.88 Å². The average molecular weight is 290 g/mol. The van der Waals surface area contributed by atoms with E-state index in [1.807, 2.05) is 18.2 Å². The molecule has 0 aliphatic carbocycles. The van der Waals surface area contributed by atoms with Crippen LogP contribution >= 0.6 is 11.3 Å². The van der Waals surface area contributed by atoms with Gasteiger partial charge >= 0.3 is 0 Å². The van der Waals surface area contributed by atoms with E-state index in [1.165, 1.54) is 18.4 Å². The molecule has 2 rings (SSSR count). The van der Waals surface area contributed by atoms with Crippen molar-refractivity contribution in [1.82, 2.24) is 10.9 Å². The van der Waals surface area contributed by atoms with Gasteiger partial charge in [-0.1, -0.05) is 36.4 Å². The Morgan fingerprint density at radius 2 is 1.85 bits per heavy atom. The Morgan fingerprint density at radius 3 is 2.45 bits per heavy atom. The zero-order valence-corrected chi connectivity index (χ0v) is 11.6. The normalized spacial score (nSPS) is 11.7. The highest BCUT2D eigenvalue weighted by Gasteiger charge is 2.20. The summed E-state index contributed by atoms with van der Waals surface area (Å²) in [6.07, 6.45) is -0.764. The molecule has 0 aliphatic rings. The standard InChI is InChI=1S/C14H14N2O3S/c1-19-12(10-6-3-2-4-7-10)14(18)16-15-13(17)11-8-5-9-20-11/h2-9,12H,1H3,(H,15,17)(H,16,18)/t12-/m0/s1. The van der Waals surface area contributed by atoms with Gasteiger partial charge in [-0.05, 0) is 17.0 Å². The average Bonchev–Trinajstić information content (AvgIpc) is 3.01. The summed E-state index contributed by atoms with van der Waals surface area (Å²) >= 11 is 1.30. The SMILES string of the molecule is CO[C@H](C(=O)NNC(=O)c1cccs1)c1ccccc1. The fourth-order valence-electron chi connectivity index (χ4n) is 1.68. The maximum Gasteiger partial charge on any atom is 0.279 e. The van der Waals surface area contributed by atoms with Crippen molar-refractivity contribution in [1.29, 1.82) is 0 Å². The number of hydrazine groups is 1. The molecule has 5 nitrogen and oxygen atoms in total. The third-order valence-corrected chi connectivity index (χ3v) is 3.49. The van der Waals surface area contributed by atoms with E-state index < -0.39 is 12.0 Å². The maximum atomic E-state index is 12.0. The second-order valence-corrected chi connectivity index (χ2v) is 4.89. The minimum atomic E-state index is -0.764. The molecule has 0 radical (unpaired) electrons. The molecule has 1 atom stereocenters. The first-order valence-electron chi connectivity index (χ1n) is 5.94. The summed E-state index contributed by atoms with van der Waals surface area (Å²) in [4.78, 5) is 24.2. The number of carbonyl (C=O) groups excluding carboxylic acids is 2. The van der Waals surface area contributed by atoms with Gasteiger partial charge in [0.25, 0.3) is 11.8 Å². The number of amides is 2.